The molecule has 0 spiro atoms. The average Bonchev–Trinajstić information content (AvgIpc) is 3.20. The van der Waals surface area contributed by atoms with Crippen LogP contribution >= 0.6 is 12.4 Å². The Kier molecular flexibility index (Phi) is 6.01. The van der Waals surface area contributed by atoms with E-state index in [9.17, 15) is 9.18 Å². The summed E-state index contributed by atoms with van der Waals surface area (Å²) >= 11 is 0. The van der Waals surface area contributed by atoms with Gasteiger partial charge in [0.1, 0.15) is 11.9 Å². The lowest BCUT2D eigenvalue weighted by molar-refractivity contribution is -0.119. The molecule has 0 bridgehead atoms. The Morgan fingerprint density at radius 1 is 1.25 bits per heavy atom. The number of hydrogen-bond acceptors (Lipinski definition) is 5. The fraction of sp³-hybridized carbons (Fsp3) is 0.263. The third-order valence-corrected chi connectivity index (χ3v) is 4.65. The zero-order chi connectivity index (χ0) is 18.8. The first-order valence-electron chi connectivity index (χ1n) is 8.80. The van der Waals surface area contributed by atoms with Gasteiger partial charge in [0.15, 0.2) is 0 Å². The molecule has 0 aliphatic carbocycles. The van der Waals surface area contributed by atoms with Gasteiger partial charge < -0.3 is 10.6 Å². The molecule has 2 N–H and O–H groups in total. The number of carbonyl (C=O) groups excluding carboxylic acids is 1. The zero-order valence-electron chi connectivity index (χ0n) is 15.2. The van der Waals surface area contributed by atoms with E-state index in [1.165, 1.54) is 4.80 Å². The van der Waals surface area contributed by atoms with E-state index in [1.807, 2.05) is 36.4 Å². The van der Waals surface area contributed by atoms with Gasteiger partial charge in [0, 0.05) is 12.1 Å². The molecule has 0 fully saturated rings. The van der Waals surface area contributed by atoms with Crippen LogP contribution in [0.2, 0.25) is 0 Å². The van der Waals surface area contributed by atoms with E-state index in [2.05, 4.69) is 26.0 Å². The fourth-order valence-electron chi connectivity index (χ4n) is 3.06. The first kappa shape index (κ1) is 19.9. The summed E-state index contributed by atoms with van der Waals surface area (Å²) in [6.07, 6.45) is 0.603. The van der Waals surface area contributed by atoms with Crippen LogP contribution in [-0.4, -0.2) is 32.7 Å². The highest BCUT2D eigenvalue weighted by atomic mass is 35.5. The smallest absolute Gasteiger partial charge is 0.250 e. The van der Waals surface area contributed by atoms with Crippen molar-refractivity contribution in [2.24, 2.45) is 0 Å². The number of nitrogens with one attached hydrogen (secondary N) is 2. The van der Waals surface area contributed by atoms with Gasteiger partial charge >= 0.3 is 0 Å². The summed E-state index contributed by atoms with van der Waals surface area (Å²) in [6, 6.07) is 12.1. The van der Waals surface area contributed by atoms with Crippen LogP contribution in [0.4, 0.5) is 10.1 Å². The third kappa shape index (κ3) is 3.88. The molecule has 28 heavy (non-hydrogen) atoms. The number of fused-ring (bicyclic) bond motifs is 1. The number of amides is 1. The van der Waals surface area contributed by atoms with Gasteiger partial charge in [0.25, 0.3) is 5.91 Å². The van der Waals surface area contributed by atoms with Gasteiger partial charge in [-0.3, -0.25) is 4.79 Å². The highest BCUT2D eigenvalue weighted by Crippen LogP contribution is 2.25. The lowest BCUT2D eigenvalue weighted by Crippen LogP contribution is -2.27. The quantitative estimate of drug-likeness (QED) is 0.701. The second kappa shape index (κ2) is 8.45. The van der Waals surface area contributed by atoms with Gasteiger partial charge in [-0.05, 0) is 42.3 Å². The average molecular weight is 403 g/mol. The highest BCUT2D eigenvalue weighted by molar-refractivity contribution is 5.93. The molecule has 1 atom stereocenters. The molecule has 146 valence electrons. The van der Waals surface area contributed by atoms with Gasteiger partial charge in [-0.1, -0.05) is 36.4 Å². The predicted molar refractivity (Wildman–Crippen MR) is 106 cm³/mol. The molecule has 9 heteroatoms. The number of halogens is 2. The summed E-state index contributed by atoms with van der Waals surface area (Å²) in [5.41, 5.74) is 2.57. The van der Waals surface area contributed by atoms with Crippen LogP contribution in [0.25, 0.3) is 11.4 Å². The van der Waals surface area contributed by atoms with Gasteiger partial charge in [-0.15, -0.1) is 22.6 Å². The van der Waals surface area contributed by atoms with Crippen LogP contribution in [0.15, 0.2) is 42.5 Å². The minimum atomic E-state index is -0.730. The number of hydrogen-bond donors (Lipinski definition) is 2. The van der Waals surface area contributed by atoms with Crippen LogP contribution in [-0.2, 0) is 17.8 Å². The molecule has 0 radical (unpaired) electrons. The van der Waals surface area contributed by atoms with Crippen LogP contribution in [0, 0.1) is 5.82 Å². The van der Waals surface area contributed by atoms with E-state index in [-0.39, 0.29) is 23.9 Å². The van der Waals surface area contributed by atoms with Crippen molar-refractivity contribution in [2.45, 2.75) is 25.9 Å². The van der Waals surface area contributed by atoms with E-state index in [0.29, 0.717) is 24.4 Å². The Morgan fingerprint density at radius 2 is 2.04 bits per heavy atom. The molecule has 7 nitrogen and oxygen atoms in total. The van der Waals surface area contributed by atoms with Crippen molar-refractivity contribution >= 4 is 24.0 Å². The van der Waals surface area contributed by atoms with Gasteiger partial charge in [-0.25, -0.2) is 4.39 Å². The van der Waals surface area contributed by atoms with Gasteiger partial charge in [-0.2, -0.15) is 4.80 Å². The summed E-state index contributed by atoms with van der Waals surface area (Å²) in [7, 11) is 0. The SMILES string of the molecule is CC(C(=O)Nc1ccc2c(c1F)CCNC2)n1nnc(-c2ccccc2)n1.Cl. The molecule has 1 unspecified atom stereocenters. The molecule has 0 saturated heterocycles. The molecule has 3 aromatic rings. The van der Waals surface area contributed by atoms with Crippen molar-refractivity contribution in [1.29, 1.82) is 0 Å². The first-order valence-corrected chi connectivity index (χ1v) is 8.80. The summed E-state index contributed by atoms with van der Waals surface area (Å²) in [6.45, 7) is 3.01. The van der Waals surface area contributed by atoms with Crippen LogP contribution in [0.5, 0.6) is 0 Å². The molecule has 0 saturated carbocycles. The molecular weight excluding hydrogens is 383 g/mol. The summed E-state index contributed by atoms with van der Waals surface area (Å²) in [4.78, 5) is 13.8. The lowest BCUT2D eigenvalue weighted by atomic mass is 9.99. The van der Waals surface area contributed by atoms with Crippen LogP contribution in [0.1, 0.15) is 24.1 Å². The number of nitrogens with zero attached hydrogens (tertiary/aromatic N) is 4. The molecule has 4 rings (SSSR count). The van der Waals surface area contributed by atoms with Crippen molar-refractivity contribution in [3.8, 4) is 11.4 Å². The number of benzene rings is 2. The highest BCUT2D eigenvalue weighted by Gasteiger charge is 2.22. The maximum atomic E-state index is 14.7. The van der Waals surface area contributed by atoms with Gasteiger partial charge in [0.05, 0.1) is 5.69 Å². The second-order valence-electron chi connectivity index (χ2n) is 6.46. The standard InChI is InChI=1S/C19H19FN6O.ClH/c1-12(26-24-18(23-25-26)13-5-3-2-4-6-13)19(27)22-16-8-7-14-11-21-10-9-15(14)17(16)20;/h2-8,12,21H,9-11H2,1H3,(H,22,27);1H. The number of tetrazole rings is 1. The summed E-state index contributed by atoms with van der Waals surface area (Å²) in [5, 5.41) is 18.1. The molecule has 2 heterocycles. The molecule has 1 aromatic heterocycles. The van der Waals surface area contributed by atoms with Crippen LogP contribution < -0.4 is 10.6 Å². The lowest BCUT2D eigenvalue weighted by Gasteiger charge is -2.20. The monoisotopic (exact) mass is 402 g/mol. The van der Waals surface area contributed by atoms with E-state index >= 15 is 0 Å². The molecule has 2 aromatic carbocycles. The predicted octanol–water partition coefficient (Wildman–Crippen LogP) is 2.75. The third-order valence-electron chi connectivity index (χ3n) is 4.65. The van der Waals surface area contributed by atoms with E-state index in [1.54, 1.807) is 13.0 Å². The summed E-state index contributed by atoms with van der Waals surface area (Å²) < 4.78 is 14.7. The molecule has 1 aliphatic heterocycles. The molecule has 1 amide bonds. The minimum Gasteiger partial charge on any atom is -0.322 e. The van der Waals surface area contributed by atoms with Crippen molar-refractivity contribution in [2.75, 3.05) is 11.9 Å². The Hall–Kier alpha value is -2.84. The summed E-state index contributed by atoms with van der Waals surface area (Å²) in [5.74, 6) is -0.339. The number of rotatable bonds is 4. The van der Waals surface area contributed by atoms with E-state index in [4.69, 9.17) is 0 Å². The maximum Gasteiger partial charge on any atom is 0.250 e. The van der Waals surface area contributed by atoms with E-state index < -0.39 is 11.9 Å². The zero-order valence-corrected chi connectivity index (χ0v) is 16.0. The number of carbonyl (C=O) groups is 1. The molecular formula is C19H20ClFN6O. The Labute approximate surface area is 167 Å². The largest absolute Gasteiger partial charge is 0.322 e. The second-order valence-corrected chi connectivity index (χ2v) is 6.46. The maximum absolute atomic E-state index is 14.7. The number of aromatic nitrogens is 4. The van der Waals surface area contributed by atoms with Crippen LogP contribution in [0.3, 0.4) is 0 Å². The van der Waals surface area contributed by atoms with Crippen molar-refractivity contribution in [3.63, 3.8) is 0 Å². The normalized spacial score (nSPS) is 13.9. The first-order chi connectivity index (χ1) is 13.1. The fourth-order valence-corrected chi connectivity index (χ4v) is 3.06. The Bertz CT molecular complexity index is 978. The van der Waals surface area contributed by atoms with Crippen molar-refractivity contribution < 1.29 is 9.18 Å². The van der Waals surface area contributed by atoms with Crippen molar-refractivity contribution in [3.05, 3.63) is 59.4 Å². The Morgan fingerprint density at radius 3 is 2.82 bits per heavy atom. The molecule has 1 aliphatic rings. The van der Waals surface area contributed by atoms with E-state index in [0.717, 1.165) is 17.7 Å². The topological polar surface area (TPSA) is 84.7 Å². The van der Waals surface area contributed by atoms with Crippen molar-refractivity contribution in [1.82, 2.24) is 25.5 Å². The Balaban J connectivity index is 0.00000225. The number of anilines is 1. The van der Waals surface area contributed by atoms with Gasteiger partial charge in [0.2, 0.25) is 5.82 Å². The minimum absolute atomic E-state index is 0.